The average molecular weight is 321 g/mol. The number of rotatable bonds is 3. The maximum absolute atomic E-state index is 12.2. The van der Waals surface area contributed by atoms with Crippen LogP contribution in [0.5, 0.6) is 0 Å². The average Bonchev–Trinajstić information content (AvgIpc) is 2.53. The first-order chi connectivity index (χ1) is 10.2. The summed E-state index contributed by atoms with van der Waals surface area (Å²) in [5, 5.41) is 5.19. The number of aromatic nitrogens is 1. The molecule has 1 N–H and O–H groups in total. The third-order valence-corrected chi connectivity index (χ3v) is 5.16. The van der Waals surface area contributed by atoms with Crippen LogP contribution in [0.4, 0.5) is 0 Å². The zero-order valence-corrected chi connectivity index (χ0v) is 13.2. The minimum atomic E-state index is -0.138. The Morgan fingerprint density at radius 3 is 2.90 bits per heavy atom. The van der Waals surface area contributed by atoms with Crippen molar-refractivity contribution in [2.75, 3.05) is 18.1 Å². The molecule has 0 radical (unpaired) electrons. The fraction of sp³-hybridized carbons (Fsp3) is 0.375. The molecule has 5 heteroatoms. The maximum Gasteiger partial charge on any atom is 0.269 e. The molecule has 1 aliphatic rings. The highest BCUT2D eigenvalue weighted by molar-refractivity contribution is 7.99. The smallest absolute Gasteiger partial charge is 0.269 e. The monoisotopic (exact) mass is 320 g/mol. The fourth-order valence-corrected chi connectivity index (χ4v) is 4.02. The molecule has 110 valence electrons. The minimum absolute atomic E-state index is 0.138. The molecule has 2 heterocycles. The molecule has 1 fully saturated rings. The molecular weight excluding hydrogens is 304 g/mol. The van der Waals surface area contributed by atoms with Crippen LogP contribution in [0.3, 0.4) is 0 Å². The molecule has 1 amide bonds. The zero-order chi connectivity index (χ0) is 14.7. The Labute approximate surface area is 133 Å². The van der Waals surface area contributed by atoms with Gasteiger partial charge in [0.25, 0.3) is 5.91 Å². The van der Waals surface area contributed by atoms with Crippen LogP contribution in [0, 0.1) is 5.92 Å². The molecule has 0 bridgehead atoms. The van der Waals surface area contributed by atoms with E-state index in [4.69, 9.17) is 11.6 Å². The summed E-state index contributed by atoms with van der Waals surface area (Å²) in [6.45, 7) is 0.728. The Balaban J connectivity index is 1.72. The molecule has 1 aromatic heterocycles. The second kappa shape index (κ2) is 6.67. The molecule has 0 spiro atoms. The van der Waals surface area contributed by atoms with Gasteiger partial charge in [-0.2, -0.15) is 11.8 Å². The summed E-state index contributed by atoms with van der Waals surface area (Å²) < 4.78 is 0. The van der Waals surface area contributed by atoms with Crippen LogP contribution >= 0.6 is 23.4 Å². The van der Waals surface area contributed by atoms with Crippen LogP contribution in [-0.4, -0.2) is 28.9 Å². The number of nitrogens with zero attached hydrogens (tertiary/aromatic N) is 1. The molecule has 1 aliphatic heterocycles. The van der Waals surface area contributed by atoms with Gasteiger partial charge in [-0.05, 0) is 41.7 Å². The van der Waals surface area contributed by atoms with Crippen molar-refractivity contribution in [1.82, 2.24) is 10.3 Å². The minimum Gasteiger partial charge on any atom is -0.350 e. The Kier molecular flexibility index (Phi) is 4.66. The second-order valence-electron chi connectivity index (χ2n) is 5.29. The lowest BCUT2D eigenvalue weighted by atomic mass is 10.0. The van der Waals surface area contributed by atoms with Crippen molar-refractivity contribution in [2.24, 2.45) is 5.92 Å². The second-order valence-corrected chi connectivity index (χ2v) is 6.87. The summed E-state index contributed by atoms with van der Waals surface area (Å²) in [7, 11) is 0. The summed E-state index contributed by atoms with van der Waals surface area (Å²) in [6, 6.07) is 9.49. The Hall–Kier alpha value is -1.26. The van der Waals surface area contributed by atoms with Crippen LogP contribution in [0.2, 0.25) is 5.15 Å². The summed E-state index contributed by atoms with van der Waals surface area (Å²) in [4.78, 5) is 16.5. The van der Waals surface area contributed by atoms with Crippen molar-refractivity contribution >= 4 is 40.0 Å². The first-order valence-electron chi connectivity index (χ1n) is 7.15. The summed E-state index contributed by atoms with van der Waals surface area (Å²) in [6.07, 6.45) is 2.35. The van der Waals surface area contributed by atoms with Crippen molar-refractivity contribution in [3.05, 3.63) is 41.2 Å². The summed E-state index contributed by atoms with van der Waals surface area (Å²) >= 11 is 8.15. The van der Waals surface area contributed by atoms with Gasteiger partial charge >= 0.3 is 0 Å². The van der Waals surface area contributed by atoms with E-state index in [1.54, 1.807) is 6.07 Å². The number of carbonyl (C=O) groups is 1. The van der Waals surface area contributed by atoms with Crippen molar-refractivity contribution < 1.29 is 4.79 Å². The van der Waals surface area contributed by atoms with Crippen LogP contribution in [-0.2, 0) is 0 Å². The Bertz CT molecular complexity index is 656. The fourth-order valence-electron chi connectivity index (χ4n) is 2.55. The third kappa shape index (κ3) is 3.50. The van der Waals surface area contributed by atoms with E-state index in [9.17, 15) is 4.79 Å². The number of amides is 1. The number of fused-ring (bicyclic) bond motifs is 1. The van der Waals surface area contributed by atoms with Gasteiger partial charge in [0, 0.05) is 11.9 Å². The molecule has 0 atom stereocenters. The lowest BCUT2D eigenvalue weighted by Gasteiger charge is -2.21. The van der Waals surface area contributed by atoms with Gasteiger partial charge in [-0.1, -0.05) is 35.9 Å². The van der Waals surface area contributed by atoms with Gasteiger partial charge in [-0.25, -0.2) is 4.98 Å². The number of hydrogen-bond donors (Lipinski definition) is 1. The Morgan fingerprint density at radius 1 is 1.33 bits per heavy atom. The number of halogens is 1. The maximum atomic E-state index is 12.2. The first kappa shape index (κ1) is 14.7. The van der Waals surface area contributed by atoms with E-state index in [2.05, 4.69) is 10.3 Å². The van der Waals surface area contributed by atoms with E-state index in [1.807, 2.05) is 36.0 Å². The predicted molar refractivity (Wildman–Crippen MR) is 89.1 cm³/mol. The first-order valence-corrected chi connectivity index (χ1v) is 8.68. The van der Waals surface area contributed by atoms with E-state index < -0.39 is 0 Å². The van der Waals surface area contributed by atoms with Gasteiger partial charge in [-0.3, -0.25) is 4.79 Å². The van der Waals surface area contributed by atoms with Crippen LogP contribution in [0.1, 0.15) is 23.3 Å². The quantitative estimate of drug-likeness (QED) is 0.875. The molecule has 21 heavy (non-hydrogen) atoms. The highest BCUT2D eigenvalue weighted by atomic mass is 35.5. The highest BCUT2D eigenvalue weighted by Crippen LogP contribution is 2.23. The largest absolute Gasteiger partial charge is 0.350 e. The predicted octanol–water partition coefficient (Wildman–Crippen LogP) is 3.76. The van der Waals surface area contributed by atoms with E-state index in [0.717, 1.165) is 17.3 Å². The van der Waals surface area contributed by atoms with Gasteiger partial charge in [0.2, 0.25) is 0 Å². The van der Waals surface area contributed by atoms with Gasteiger partial charge in [0.15, 0.2) is 0 Å². The van der Waals surface area contributed by atoms with Crippen molar-refractivity contribution in [3.8, 4) is 0 Å². The van der Waals surface area contributed by atoms with E-state index in [-0.39, 0.29) is 5.91 Å². The zero-order valence-electron chi connectivity index (χ0n) is 11.6. The number of thioether (sulfide) groups is 1. The summed E-state index contributed by atoms with van der Waals surface area (Å²) in [5.74, 6) is 2.84. The topological polar surface area (TPSA) is 42.0 Å². The van der Waals surface area contributed by atoms with E-state index >= 15 is 0 Å². The van der Waals surface area contributed by atoms with E-state index in [0.29, 0.717) is 16.8 Å². The third-order valence-electron chi connectivity index (χ3n) is 3.82. The van der Waals surface area contributed by atoms with Gasteiger partial charge in [0.1, 0.15) is 10.8 Å². The lowest BCUT2D eigenvalue weighted by molar-refractivity contribution is 0.0941. The Morgan fingerprint density at radius 2 is 2.10 bits per heavy atom. The molecule has 1 aromatic carbocycles. The molecule has 0 unspecified atom stereocenters. The molecule has 1 saturated heterocycles. The number of pyridine rings is 1. The summed E-state index contributed by atoms with van der Waals surface area (Å²) in [5.41, 5.74) is 0.392. The normalized spacial score (nSPS) is 16.0. The molecule has 3 nitrogen and oxygen atoms in total. The van der Waals surface area contributed by atoms with E-state index in [1.165, 1.54) is 24.3 Å². The molecule has 3 rings (SSSR count). The number of nitrogens with one attached hydrogen (secondary N) is 1. The van der Waals surface area contributed by atoms with Crippen molar-refractivity contribution in [3.63, 3.8) is 0 Å². The molecule has 2 aromatic rings. The molecular formula is C16H17ClN2OS. The number of carbonyl (C=O) groups excluding carboxylic acids is 1. The van der Waals surface area contributed by atoms with Crippen LogP contribution in [0.15, 0.2) is 30.3 Å². The van der Waals surface area contributed by atoms with Gasteiger partial charge in [-0.15, -0.1) is 0 Å². The standard InChI is InChI=1S/C16H17ClN2OS/c17-15-13-4-2-1-3-12(13)9-14(19-15)16(20)18-10-11-5-7-21-8-6-11/h1-4,9,11H,5-8,10H2,(H,18,20). The SMILES string of the molecule is O=C(NCC1CCSCC1)c1cc2ccccc2c(Cl)n1. The van der Waals surface area contributed by atoms with Crippen LogP contribution < -0.4 is 5.32 Å². The van der Waals surface area contributed by atoms with Gasteiger partial charge in [0.05, 0.1) is 0 Å². The molecule has 0 saturated carbocycles. The van der Waals surface area contributed by atoms with Crippen molar-refractivity contribution in [1.29, 1.82) is 0 Å². The van der Waals surface area contributed by atoms with Gasteiger partial charge < -0.3 is 5.32 Å². The number of hydrogen-bond acceptors (Lipinski definition) is 3. The lowest BCUT2D eigenvalue weighted by Crippen LogP contribution is -2.31. The molecule has 0 aliphatic carbocycles. The highest BCUT2D eigenvalue weighted by Gasteiger charge is 2.16. The van der Waals surface area contributed by atoms with Crippen LogP contribution in [0.25, 0.3) is 10.8 Å². The number of benzene rings is 1. The van der Waals surface area contributed by atoms with Crippen molar-refractivity contribution in [2.45, 2.75) is 12.8 Å².